The summed E-state index contributed by atoms with van der Waals surface area (Å²) >= 11 is 1.45. The minimum atomic E-state index is -3.68. The molecule has 0 spiro atoms. The highest BCUT2D eigenvalue weighted by Gasteiger charge is 2.58. The van der Waals surface area contributed by atoms with Crippen molar-refractivity contribution in [1.82, 2.24) is 19.1 Å². The van der Waals surface area contributed by atoms with Crippen LogP contribution in [-0.4, -0.2) is 90.5 Å². The van der Waals surface area contributed by atoms with Crippen molar-refractivity contribution in [2.24, 2.45) is 11.8 Å². The van der Waals surface area contributed by atoms with E-state index >= 15 is 0 Å². The molecule has 166 valence electrons. The quantitative estimate of drug-likeness (QED) is 0.641. The summed E-state index contributed by atoms with van der Waals surface area (Å²) in [5.41, 5.74) is 0.372. The lowest BCUT2D eigenvalue weighted by atomic mass is 9.88. The van der Waals surface area contributed by atoms with E-state index in [-0.39, 0.29) is 11.8 Å². The van der Waals surface area contributed by atoms with Crippen molar-refractivity contribution in [3.63, 3.8) is 0 Å². The number of rotatable bonds is 5. The van der Waals surface area contributed by atoms with E-state index in [9.17, 15) is 18.0 Å². The minimum Gasteiger partial charge on any atom is -0.379 e. The Hall–Kier alpha value is -1.56. The Morgan fingerprint density at radius 3 is 2.63 bits per heavy atom. The van der Waals surface area contributed by atoms with E-state index in [1.54, 1.807) is 10.3 Å². The molecule has 0 aliphatic carbocycles. The van der Waals surface area contributed by atoms with Gasteiger partial charge < -0.3 is 9.64 Å². The van der Waals surface area contributed by atoms with Crippen LogP contribution in [0.15, 0.2) is 5.38 Å². The summed E-state index contributed by atoms with van der Waals surface area (Å²) < 4.78 is 30.9. The van der Waals surface area contributed by atoms with Crippen molar-refractivity contribution in [3.8, 4) is 0 Å². The number of aromatic nitrogens is 1. The van der Waals surface area contributed by atoms with E-state index in [2.05, 4.69) is 9.88 Å². The number of likely N-dealkylation sites (tertiary alicyclic amines) is 1. The fourth-order valence-electron chi connectivity index (χ4n) is 4.85. The van der Waals surface area contributed by atoms with E-state index in [0.29, 0.717) is 38.4 Å². The number of ether oxygens (including phenoxy) is 1. The van der Waals surface area contributed by atoms with Crippen LogP contribution in [0.3, 0.4) is 0 Å². The van der Waals surface area contributed by atoms with Gasteiger partial charge in [-0.2, -0.15) is 0 Å². The van der Waals surface area contributed by atoms with Gasteiger partial charge in [-0.25, -0.2) is 17.7 Å². The standard InChI is InChI=1S/C19H28N4O5S2/c1-12(2)16-17-14(23(19(16)25)30(3,26)27)4-5-22(17)18(24)13-11-29-15(20-13)10-21-6-8-28-9-7-21/h11-12,14,16-17H,4-10H2,1-3H3/t14-,16+,17-/m1/s1. The molecule has 0 radical (unpaired) electrons. The molecule has 3 aliphatic rings. The molecule has 30 heavy (non-hydrogen) atoms. The maximum atomic E-state index is 13.3. The molecule has 0 aromatic carbocycles. The van der Waals surface area contributed by atoms with Crippen molar-refractivity contribution in [1.29, 1.82) is 0 Å². The van der Waals surface area contributed by atoms with E-state index in [0.717, 1.165) is 28.7 Å². The Bertz CT molecular complexity index is 925. The number of amides is 2. The number of carbonyl (C=O) groups excluding carboxylic acids is 2. The second-order valence-electron chi connectivity index (χ2n) is 8.53. The smallest absolute Gasteiger partial charge is 0.273 e. The summed E-state index contributed by atoms with van der Waals surface area (Å²) in [4.78, 5) is 34.7. The summed E-state index contributed by atoms with van der Waals surface area (Å²) in [5, 5.41) is 2.64. The van der Waals surface area contributed by atoms with Gasteiger partial charge in [0.25, 0.3) is 5.91 Å². The molecule has 4 heterocycles. The van der Waals surface area contributed by atoms with Crippen molar-refractivity contribution in [2.45, 2.75) is 38.9 Å². The molecule has 4 rings (SSSR count). The first-order valence-corrected chi connectivity index (χ1v) is 13.0. The van der Waals surface area contributed by atoms with Crippen LogP contribution in [0.2, 0.25) is 0 Å². The second-order valence-corrected chi connectivity index (χ2v) is 11.3. The largest absolute Gasteiger partial charge is 0.379 e. The van der Waals surface area contributed by atoms with Gasteiger partial charge in [-0.15, -0.1) is 11.3 Å². The first-order valence-electron chi connectivity index (χ1n) is 10.3. The molecule has 0 N–H and O–H groups in total. The van der Waals surface area contributed by atoms with Crippen molar-refractivity contribution in [3.05, 3.63) is 16.1 Å². The molecule has 1 aromatic rings. The number of sulfonamides is 1. The van der Waals surface area contributed by atoms with Gasteiger partial charge in [0, 0.05) is 25.0 Å². The van der Waals surface area contributed by atoms with E-state index in [1.165, 1.54) is 11.3 Å². The van der Waals surface area contributed by atoms with Gasteiger partial charge in [-0.1, -0.05) is 13.8 Å². The third kappa shape index (κ3) is 3.88. The summed E-state index contributed by atoms with van der Waals surface area (Å²) in [5.74, 6) is -1.22. The Morgan fingerprint density at radius 2 is 2.00 bits per heavy atom. The molecular weight excluding hydrogens is 428 g/mol. The van der Waals surface area contributed by atoms with E-state index in [1.807, 2.05) is 13.8 Å². The highest BCUT2D eigenvalue weighted by molar-refractivity contribution is 7.88. The van der Waals surface area contributed by atoms with Crippen molar-refractivity contribution in [2.75, 3.05) is 39.1 Å². The van der Waals surface area contributed by atoms with Gasteiger partial charge in [0.1, 0.15) is 10.7 Å². The summed E-state index contributed by atoms with van der Waals surface area (Å²) in [6, 6.07) is -0.931. The fraction of sp³-hybridized carbons (Fsp3) is 0.737. The number of fused-ring (bicyclic) bond motifs is 1. The van der Waals surface area contributed by atoms with Crippen molar-refractivity contribution >= 4 is 33.2 Å². The lowest BCUT2D eigenvalue weighted by Gasteiger charge is -2.28. The lowest BCUT2D eigenvalue weighted by molar-refractivity contribution is -0.129. The summed E-state index contributed by atoms with van der Waals surface area (Å²) in [7, 11) is -3.68. The number of nitrogens with zero attached hydrogens (tertiary/aromatic N) is 4. The van der Waals surface area contributed by atoms with Crippen LogP contribution in [0, 0.1) is 11.8 Å². The monoisotopic (exact) mass is 456 g/mol. The van der Waals surface area contributed by atoms with Crippen LogP contribution < -0.4 is 0 Å². The third-order valence-electron chi connectivity index (χ3n) is 6.16. The predicted molar refractivity (Wildman–Crippen MR) is 111 cm³/mol. The summed E-state index contributed by atoms with van der Waals surface area (Å²) in [6.07, 6.45) is 1.52. The maximum Gasteiger partial charge on any atom is 0.273 e. The molecule has 0 bridgehead atoms. The van der Waals surface area contributed by atoms with Gasteiger partial charge in [-0.05, 0) is 12.3 Å². The van der Waals surface area contributed by atoms with Crippen LogP contribution in [0.4, 0.5) is 0 Å². The molecule has 3 saturated heterocycles. The first-order chi connectivity index (χ1) is 14.2. The zero-order valence-electron chi connectivity index (χ0n) is 17.5. The number of morpholine rings is 1. The number of thiazole rings is 1. The zero-order chi connectivity index (χ0) is 21.6. The number of hydrogen-bond donors (Lipinski definition) is 0. The topological polar surface area (TPSA) is 100 Å². The molecule has 3 atom stereocenters. The minimum absolute atomic E-state index is 0.0718. The Balaban J connectivity index is 1.54. The van der Waals surface area contributed by atoms with Crippen LogP contribution in [0.1, 0.15) is 35.8 Å². The second kappa shape index (κ2) is 8.18. The molecular formula is C19H28N4O5S2. The Labute approximate surface area is 181 Å². The van der Waals surface area contributed by atoms with Gasteiger partial charge in [0.2, 0.25) is 15.9 Å². The molecule has 0 saturated carbocycles. The first kappa shape index (κ1) is 21.7. The van der Waals surface area contributed by atoms with Crippen LogP contribution >= 0.6 is 11.3 Å². The van der Waals surface area contributed by atoms with E-state index < -0.39 is 33.9 Å². The fourth-order valence-corrected chi connectivity index (χ4v) is 6.83. The normalized spacial score (nSPS) is 27.9. The molecule has 0 unspecified atom stereocenters. The van der Waals surface area contributed by atoms with Crippen LogP contribution in [0.5, 0.6) is 0 Å². The van der Waals surface area contributed by atoms with Gasteiger partial charge in [-0.3, -0.25) is 14.5 Å². The van der Waals surface area contributed by atoms with Gasteiger partial charge in [0.15, 0.2) is 0 Å². The molecule has 9 nitrogen and oxygen atoms in total. The third-order valence-corrected chi connectivity index (χ3v) is 8.16. The number of hydrogen-bond acceptors (Lipinski definition) is 8. The molecule has 11 heteroatoms. The highest BCUT2D eigenvalue weighted by atomic mass is 32.2. The molecule has 3 aliphatic heterocycles. The van der Waals surface area contributed by atoms with E-state index in [4.69, 9.17) is 4.74 Å². The van der Waals surface area contributed by atoms with Gasteiger partial charge in [0.05, 0.1) is 44.0 Å². The highest BCUT2D eigenvalue weighted by Crippen LogP contribution is 2.41. The molecule has 2 amide bonds. The maximum absolute atomic E-state index is 13.3. The van der Waals surface area contributed by atoms with Crippen molar-refractivity contribution < 1.29 is 22.7 Å². The Kier molecular flexibility index (Phi) is 5.90. The summed E-state index contributed by atoms with van der Waals surface area (Å²) in [6.45, 7) is 8.00. The number of carbonyl (C=O) groups is 2. The molecule has 1 aromatic heterocycles. The van der Waals surface area contributed by atoms with Gasteiger partial charge >= 0.3 is 0 Å². The SMILES string of the molecule is CC(C)[C@@H]1C(=O)N(S(C)(=O)=O)[C@@H]2CCN(C(=O)c3csc(CN4CCOCC4)n3)[C@H]21. The average Bonchev–Trinajstić information content (AvgIpc) is 3.35. The molecule has 3 fully saturated rings. The average molecular weight is 457 g/mol. The lowest BCUT2D eigenvalue weighted by Crippen LogP contribution is -2.44. The predicted octanol–water partition coefficient (Wildman–Crippen LogP) is 0.632. The van der Waals surface area contributed by atoms with Crippen LogP contribution in [0.25, 0.3) is 0 Å². The zero-order valence-corrected chi connectivity index (χ0v) is 19.1. The Morgan fingerprint density at radius 1 is 1.30 bits per heavy atom. The van der Waals surface area contributed by atoms with Crippen LogP contribution in [-0.2, 0) is 26.1 Å².